The first-order valence-electron chi connectivity index (χ1n) is 10.9. The van der Waals surface area contributed by atoms with E-state index in [2.05, 4.69) is 5.32 Å². The SMILES string of the molecule is N[C@@H](Cc1ccc(-c2ccccc2)cc1)C(=O)N[C@@H](Cc1ccc2ccccc2c1)C(=O)O. The van der Waals surface area contributed by atoms with Crippen LogP contribution in [0, 0.1) is 0 Å². The van der Waals surface area contributed by atoms with E-state index in [0.717, 1.165) is 33.0 Å². The maximum absolute atomic E-state index is 12.7. The second-order valence-electron chi connectivity index (χ2n) is 8.16. The highest BCUT2D eigenvalue weighted by atomic mass is 16.4. The maximum Gasteiger partial charge on any atom is 0.326 e. The number of amides is 1. The summed E-state index contributed by atoms with van der Waals surface area (Å²) in [4.78, 5) is 24.5. The van der Waals surface area contributed by atoms with Gasteiger partial charge in [0.05, 0.1) is 6.04 Å². The summed E-state index contributed by atoms with van der Waals surface area (Å²) in [6.45, 7) is 0. The van der Waals surface area contributed by atoms with Gasteiger partial charge in [0.15, 0.2) is 0 Å². The summed E-state index contributed by atoms with van der Waals surface area (Å²) in [6.07, 6.45) is 0.508. The minimum atomic E-state index is -1.09. The number of carbonyl (C=O) groups excluding carboxylic acids is 1. The van der Waals surface area contributed by atoms with Crippen molar-refractivity contribution in [2.24, 2.45) is 5.73 Å². The van der Waals surface area contributed by atoms with Gasteiger partial charge in [-0.2, -0.15) is 0 Å². The van der Waals surface area contributed by atoms with Crippen molar-refractivity contribution in [3.8, 4) is 11.1 Å². The molecule has 4 aromatic rings. The number of carboxylic acid groups (broad SMARTS) is 1. The molecular formula is C28H26N2O3. The Hall–Kier alpha value is -3.96. The standard InChI is InChI=1S/C28H26N2O3/c29-25(17-19-10-13-23(14-11-19)21-6-2-1-3-7-21)27(31)30-26(28(32)33)18-20-12-15-22-8-4-5-9-24(22)16-20/h1-16,25-26H,17-18,29H2,(H,30,31)(H,32,33)/t25-,26-/m0/s1. The third kappa shape index (κ3) is 5.64. The van der Waals surface area contributed by atoms with Crippen LogP contribution in [0.4, 0.5) is 0 Å². The van der Waals surface area contributed by atoms with Crippen molar-refractivity contribution in [2.75, 3.05) is 0 Å². The number of carboxylic acids is 1. The number of rotatable bonds is 8. The second kappa shape index (κ2) is 10.1. The average molecular weight is 439 g/mol. The molecule has 5 nitrogen and oxygen atoms in total. The zero-order valence-electron chi connectivity index (χ0n) is 18.1. The Kier molecular flexibility index (Phi) is 6.81. The van der Waals surface area contributed by atoms with E-state index in [1.807, 2.05) is 97.1 Å². The van der Waals surface area contributed by atoms with Crippen LogP contribution in [0.15, 0.2) is 97.1 Å². The first-order chi connectivity index (χ1) is 16.0. The summed E-state index contributed by atoms with van der Waals surface area (Å²) >= 11 is 0. The summed E-state index contributed by atoms with van der Waals surface area (Å²) < 4.78 is 0. The van der Waals surface area contributed by atoms with E-state index in [1.54, 1.807) is 0 Å². The first kappa shape index (κ1) is 22.2. The highest BCUT2D eigenvalue weighted by Gasteiger charge is 2.24. The lowest BCUT2D eigenvalue weighted by Crippen LogP contribution is -2.50. The predicted octanol–water partition coefficient (Wildman–Crippen LogP) is 4.19. The van der Waals surface area contributed by atoms with E-state index >= 15 is 0 Å². The van der Waals surface area contributed by atoms with Crippen LogP contribution in [0.25, 0.3) is 21.9 Å². The smallest absolute Gasteiger partial charge is 0.326 e. The molecule has 0 heterocycles. The Labute approximate surface area is 192 Å². The van der Waals surface area contributed by atoms with Crippen molar-refractivity contribution in [2.45, 2.75) is 24.9 Å². The van der Waals surface area contributed by atoms with Crippen LogP contribution >= 0.6 is 0 Å². The molecule has 0 spiro atoms. The molecule has 33 heavy (non-hydrogen) atoms. The normalized spacial score (nSPS) is 12.8. The van der Waals surface area contributed by atoms with Crippen molar-refractivity contribution in [1.82, 2.24) is 5.32 Å². The van der Waals surface area contributed by atoms with Crippen LogP contribution in [0.1, 0.15) is 11.1 Å². The average Bonchev–Trinajstić information content (AvgIpc) is 2.84. The van der Waals surface area contributed by atoms with Crippen LogP contribution in [0.2, 0.25) is 0 Å². The van der Waals surface area contributed by atoms with Gasteiger partial charge >= 0.3 is 5.97 Å². The molecule has 1 amide bonds. The van der Waals surface area contributed by atoms with E-state index in [1.165, 1.54) is 0 Å². The number of carbonyl (C=O) groups is 2. The summed E-state index contributed by atoms with van der Waals surface area (Å²) in [5, 5.41) is 14.4. The summed E-state index contributed by atoms with van der Waals surface area (Å²) in [5.41, 5.74) is 10.1. The number of hydrogen-bond donors (Lipinski definition) is 3. The van der Waals surface area contributed by atoms with Crippen molar-refractivity contribution < 1.29 is 14.7 Å². The molecule has 0 unspecified atom stereocenters. The minimum Gasteiger partial charge on any atom is -0.480 e. The van der Waals surface area contributed by atoms with Gasteiger partial charge < -0.3 is 16.2 Å². The highest BCUT2D eigenvalue weighted by molar-refractivity contribution is 5.87. The van der Waals surface area contributed by atoms with Crippen LogP contribution in [0.3, 0.4) is 0 Å². The molecule has 0 bridgehead atoms. The molecule has 5 heteroatoms. The number of nitrogens with two attached hydrogens (primary N) is 1. The zero-order valence-corrected chi connectivity index (χ0v) is 18.1. The molecule has 4 rings (SSSR count). The van der Waals surface area contributed by atoms with Crippen molar-refractivity contribution in [3.63, 3.8) is 0 Å². The van der Waals surface area contributed by atoms with Crippen molar-refractivity contribution in [1.29, 1.82) is 0 Å². The van der Waals surface area contributed by atoms with Crippen LogP contribution in [0.5, 0.6) is 0 Å². The van der Waals surface area contributed by atoms with Crippen molar-refractivity contribution >= 4 is 22.6 Å². The lowest BCUT2D eigenvalue weighted by Gasteiger charge is -2.18. The van der Waals surface area contributed by atoms with E-state index in [-0.39, 0.29) is 6.42 Å². The number of aliphatic carboxylic acids is 1. The largest absolute Gasteiger partial charge is 0.480 e. The fourth-order valence-electron chi connectivity index (χ4n) is 3.89. The molecule has 4 N–H and O–H groups in total. The fourth-order valence-corrected chi connectivity index (χ4v) is 3.89. The molecule has 0 aromatic heterocycles. The third-order valence-corrected chi connectivity index (χ3v) is 5.72. The van der Waals surface area contributed by atoms with E-state index < -0.39 is 24.0 Å². The molecule has 2 atom stereocenters. The third-order valence-electron chi connectivity index (χ3n) is 5.72. The first-order valence-corrected chi connectivity index (χ1v) is 10.9. The second-order valence-corrected chi connectivity index (χ2v) is 8.16. The maximum atomic E-state index is 12.7. The molecule has 0 aliphatic rings. The Morgan fingerprint density at radius 2 is 1.33 bits per heavy atom. The van der Waals surface area contributed by atoms with E-state index in [4.69, 9.17) is 5.73 Å². The van der Waals surface area contributed by atoms with Gasteiger partial charge in [-0.15, -0.1) is 0 Å². The Balaban J connectivity index is 1.39. The molecule has 0 saturated heterocycles. The van der Waals surface area contributed by atoms with E-state index in [9.17, 15) is 14.7 Å². The lowest BCUT2D eigenvalue weighted by atomic mass is 9.99. The number of benzene rings is 4. The Morgan fingerprint density at radius 1 is 0.727 bits per heavy atom. The van der Waals surface area contributed by atoms with Crippen molar-refractivity contribution in [3.05, 3.63) is 108 Å². The zero-order chi connectivity index (χ0) is 23.2. The fraction of sp³-hybridized carbons (Fsp3) is 0.143. The van der Waals surface area contributed by atoms with Crippen LogP contribution in [-0.2, 0) is 22.4 Å². The summed E-state index contributed by atoms with van der Waals surface area (Å²) in [7, 11) is 0. The topological polar surface area (TPSA) is 92.4 Å². The number of nitrogens with one attached hydrogen (secondary N) is 1. The Bertz CT molecular complexity index is 1250. The monoisotopic (exact) mass is 438 g/mol. The van der Waals surface area contributed by atoms with Gasteiger partial charge in [-0.05, 0) is 39.4 Å². The summed E-state index contributed by atoms with van der Waals surface area (Å²) in [5.74, 6) is -1.56. The summed E-state index contributed by atoms with van der Waals surface area (Å²) in [6, 6.07) is 29.7. The van der Waals surface area contributed by atoms with Gasteiger partial charge in [0.2, 0.25) is 5.91 Å². The van der Waals surface area contributed by atoms with Crippen LogP contribution in [-0.4, -0.2) is 29.1 Å². The molecule has 166 valence electrons. The van der Waals surface area contributed by atoms with Gasteiger partial charge in [-0.1, -0.05) is 97.1 Å². The van der Waals surface area contributed by atoms with Gasteiger partial charge in [-0.3, -0.25) is 4.79 Å². The van der Waals surface area contributed by atoms with Gasteiger partial charge in [-0.25, -0.2) is 4.79 Å². The van der Waals surface area contributed by atoms with Gasteiger partial charge in [0.1, 0.15) is 6.04 Å². The predicted molar refractivity (Wildman–Crippen MR) is 131 cm³/mol. The van der Waals surface area contributed by atoms with Crippen LogP contribution < -0.4 is 11.1 Å². The molecule has 0 aliphatic heterocycles. The molecule has 0 saturated carbocycles. The number of fused-ring (bicyclic) bond motifs is 1. The van der Waals surface area contributed by atoms with Gasteiger partial charge in [0, 0.05) is 6.42 Å². The molecule has 0 radical (unpaired) electrons. The Morgan fingerprint density at radius 3 is 2.03 bits per heavy atom. The lowest BCUT2D eigenvalue weighted by molar-refractivity contribution is -0.141. The minimum absolute atomic E-state index is 0.185. The molecule has 4 aromatic carbocycles. The molecule has 0 fully saturated rings. The number of hydrogen-bond acceptors (Lipinski definition) is 3. The highest BCUT2D eigenvalue weighted by Crippen LogP contribution is 2.20. The van der Waals surface area contributed by atoms with Gasteiger partial charge in [0.25, 0.3) is 0 Å². The quantitative estimate of drug-likeness (QED) is 0.385. The van der Waals surface area contributed by atoms with E-state index in [0.29, 0.717) is 6.42 Å². The molecular weight excluding hydrogens is 412 g/mol. The molecule has 0 aliphatic carbocycles.